The highest BCUT2D eigenvalue weighted by Crippen LogP contribution is 2.31. The number of para-hydroxylation sites is 1. The lowest BCUT2D eigenvalue weighted by Gasteiger charge is -2.11. The molecule has 0 aliphatic carbocycles. The van der Waals surface area contributed by atoms with E-state index in [9.17, 15) is 13.2 Å². The molecule has 0 unspecified atom stereocenters. The fourth-order valence-electron chi connectivity index (χ4n) is 2.39. The lowest BCUT2D eigenvalue weighted by molar-refractivity contribution is -0.120. The highest BCUT2D eigenvalue weighted by atomic mass is 32.2. The Bertz CT molecular complexity index is 1060. The van der Waals surface area contributed by atoms with Crippen LogP contribution in [-0.2, 0) is 14.9 Å². The number of thioether (sulfide) groups is 1. The van der Waals surface area contributed by atoms with Gasteiger partial charge < -0.3 is 9.50 Å². The molecule has 2 aromatic carbocycles. The molecule has 1 N–H and O–H groups in total. The highest BCUT2D eigenvalue weighted by molar-refractivity contribution is 8.16. The van der Waals surface area contributed by atoms with E-state index in [1.54, 1.807) is 57.2 Å². The molecule has 0 atom stereocenters. The standard InChI is InChI=1S/C19H19N3O4S2/c1-13-8-7-9-14(12-20-22-18-21-17(23)19(2,3)27-18)16(13)26-28(24,25)15-10-5-4-6-11-15/h4-12H,1-3H3,(H,21,22,23)/b20-12-. The average Bonchev–Trinajstić information content (AvgIpc) is 2.90. The van der Waals surface area contributed by atoms with E-state index in [0.717, 1.165) is 0 Å². The van der Waals surface area contributed by atoms with Crippen molar-refractivity contribution >= 4 is 39.2 Å². The van der Waals surface area contributed by atoms with Crippen LogP contribution in [0.1, 0.15) is 25.0 Å². The molecule has 146 valence electrons. The van der Waals surface area contributed by atoms with E-state index >= 15 is 0 Å². The number of benzene rings is 2. The molecule has 0 bridgehead atoms. The Morgan fingerprint density at radius 3 is 2.46 bits per heavy atom. The zero-order chi connectivity index (χ0) is 20.4. The van der Waals surface area contributed by atoms with E-state index < -0.39 is 14.9 Å². The van der Waals surface area contributed by atoms with E-state index in [-0.39, 0.29) is 16.6 Å². The van der Waals surface area contributed by atoms with Crippen LogP contribution in [0, 0.1) is 6.92 Å². The summed E-state index contributed by atoms with van der Waals surface area (Å²) >= 11 is 1.27. The van der Waals surface area contributed by atoms with Crippen molar-refractivity contribution in [3.05, 3.63) is 59.7 Å². The maximum atomic E-state index is 12.6. The highest BCUT2D eigenvalue weighted by Gasteiger charge is 2.38. The van der Waals surface area contributed by atoms with Crippen LogP contribution in [0.5, 0.6) is 5.75 Å². The molecule has 0 saturated carbocycles. The first-order valence-electron chi connectivity index (χ1n) is 8.40. The van der Waals surface area contributed by atoms with Gasteiger partial charge in [0.15, 0.2) is 10.9 Å². The van der Waals surface area contributed by atoms with Crippen LogP contribution in [0.3, 0.4) is 0 Å². The quantitative estimate of drug-likeness (QED) is 0.458. The zero-order valence-corrected chi connectivity index (χ0v) is 17.2. The third-order valence-corrected chi connectivity index (χ3v) is 6.24. The second-order valence-electron chi connectivity index (χ2n) is 6.56. The van der Waals surface area contributed by atoms with Gasteiger partial charge in [-0.05, 0) is 44.5 Å². The normalized spacial score (nSPS) is 17.8. The Balaban J connectivity index is 1.86. The van der Waals surface area contributed by atoms with E-state index in [1.807, 2.05) is 0 Å². The maximum Gasteiger partial charge on any atom is 0.339 e. The van der Waals surface area contributed by atoms with Crippen LogP contribution in [0.15, 0.2) is 63.6 Å². The summed E-state index contributed by atoms with van der Waals surface area (Å²) in [5.74, 6) is 0.0405. The molecule has 2 aromatic rings. The molecular weight excluding hydrogens is 398 g/mol. The van der Waals surface area contributed by atoms with Gasteiger partial charge in [0.25, 0.3) is 0 Å². The third kappa shape index (κ3) is 4.42. The number of hydrogen-bond acceptors (Lipinski definition) is 7. The Labute approximate surface area is 168 Å². The number of hydrogen-bond donors (Lipinski definition) is 1. The Morgan fingerprint density at radius 1 is 1.11 bits per heavy atom. The molecule has 0 aromatic heterocycles. The van der Waals surface area contributed by atoms with Gasteiger partial charge in [-0.3, -0.25) is 4.79 Å². The minimum Gasteiger partial charge on any atom is -0.378 e. The first-order valence-corrected chi connectivity index (χ1v) is 10.6. The summed E-state index contributed by atoms with van der Waals surface area (Å²) < 4.78 is 29.9. The molecule has 7 nitrogen and oxygen atoms in total. The van der Waals surface area contributed by atoms with Gasteiger partial charge in [0.05, 0.1) is 11.0 Å². The molecule has 1 aliphatic heterocycles. The number of nitrogens with zero attached hydrogens (tertiary/aromatic N) is 2. The first kappa shape index (κ1) is 20.1. The van der Waals surface area contributed by atoms with Gasteiger partial charge in [-0.1, -0.05) is 42.1 Å². The van der Waals surface area contributed by atoms with Crippen molar-refractivity contribution in [1.29, 1.82) is 0 Å². The van der Waals surface area contributed by atoms with E-state index in [4.69, 9.17) is 4.18 Å². The van der Waals surface area contributed by atoms with Gasteiger partial charge in [0.1, 0.15) is 4.90 Å². The van der Waals surface area contributed by atoms with Crippen molar-refractivity contribution in [3.63, 3.8) is 0 Å². The third-order valence-electron chi connectivity index (χ3n) is 3.93. The molecule has 1 heterocycles. The number of rotatable bonds is 5. The summed E-state index contributed by atoms with van der Waals surface area (Å²) in [6.45, 7) is 5.33. The van der Waals surface area contributed by atoms with Crippen LogP contribution in [-0.4, -0.2) is 30.5 Å². The summed E-state index contributed by atoms with van der Waals surface area (Å²) in [6.07, 6.45) is 1.40. The van der Waals surface area contributed by atoms with Crippen LogP contribution < -0.4 is 9.50 Å². The molecule has 3 rings (SSSR count). The van der Waals surface area contributed by atoms with Crippen molar-refractivity contribution in [2.75, 3.05) is 0 Å². The van der Waals surface area contributed by atoms with Crippen LogP contribution in [0.2, 0.25) is 0 Å². The van der Waals surface area contributed by atoms with Crippen molar-refractivity contribution in [2.24, 2.45) is 10.2 Å². The van der Waals surface area contributed by atoms with Crippen LogP contribution in [0.4, 0.5) is 0 Å². The predicted octanol–water partition coefficient (Wildman–Crippen LogP) is 3.09. The second-order valence-corrected chi connectivity index (χ2v) is 9.72. The van der Waals surface area contributed by atoms with Gasteiger partial charge in [-0.2, -0.15) is 13.5 Å². The van der Waals surface area contributed by atoms with E-state index in [2.05, 4.69) is 15.5 Å². The zero-order valence-electron chi connectivity index (χ0n) is 15.5. The average molecular weight is 418 g/mol. The van der Waals surface area contributed by atoms with Gasteiger partial charge >= 0.3 is 10.1 Å². The summed E-state index contributed by atoms with van der Waals surface area (Å²) in [6, 6.07) is 13.1. The minimum atomic E-state index is -3.98. The summed E-state index contributed by atoms with van der Waals surface area (Å²) in [4.78, 5) is 11.8. The summed E-state index contributed by atoms with van der Waals surface area (Å²) in [5.41, 5.74) is 1.10. The summed E-state index contributed by atoms with van der Waals surface area (Å²) in [5, 5.41) is 11.0. The van der Waals surface area contributed by atoms with Gasteiger partial charge in [0.2, 0.25) is 5.91 Å². The number of carbonyl (C=O) groups is 1. The topological polar surface area (TPSA) is 97.2 Å². The van der Waals surface area contributed by atoms with Gasteiger partial charge in [0, 0.05) is 5.56 Å². The number of amidine groups is 1. The molecule has 28 heavy (non-hydrogen) atoms. The van der Waals surface area contributed by atoms with E-state index in [0.29, 0.717) is 16.3 Å². The molecule has 1 aliphatic rings. The molecular formula is C19H19N3O4S2. The van der Waals surface area contributed by atoms with Crippen molar-refractivity contribution < 1.29 is 17.4 Å². The lowest BCUT2D eigenvalue weighted by atomic mass is 10.1. The Morgan fingerprint density at radius 2 is 1.82 bits per heavy atom. The minimum absolute atomic E-state index is 0.0636. The van der Waals surface area contributed by atoms with E-state index in [1.165, 1.54) is 30.1 Å². The maximum absolute atomic E-state index is 12.6. The Hall–Kier alpha value is -2.65. The molecule has 1 amide bonds. The monoisotopic (exact) mass is 417 g/mol. The van der Waals surface area contributed by atoms with Crippen molar-refractivity contribution in [1.82, 2.24) is 5.32 Å². The van der Waals surface area contributed by atoms with Gasteiger partial charge in [-0.25, -0.2) is 0 Å². The molecule has 1 fully saturated rings. The smallest absolute Gasteiger partial charge is 0.339 e. The fraction of sp³-hybridized carbons (Fsp3) is 0.211. The largest absolute Gasteiger partial charge is 0.378 e. The molecule has 0 spiro atoms. The van der Waals surface area contributed by atoms with Crippen molar-refractivity contribution in [2.45, 2.75) is 30.4 Å². The number of amides is 1. The predicted molar refractivity (Wildman–Crippen MR) is 110 cm³/mol. The fourth-order valence-corrected chi connectivity index (χ4v) is 4.28. The molecule has 9 heteroatoms. The summed E-state index contributed by atoms with van der Waals surface area (Å²) in [7, 11) is -3.98. The molecule has 1 saturated heterocycles. The number of carbonyl (C=O) groups excluding carboxylic acids is 1. The first-order chi connectivity index (χ1) is 13.2. The second kappa shape index (κ2) is 7.76. The number of nitrogens with one attached hydrogen (secondary N) is 1. The SMILES string of the molecule is Cc1cccc(/C=N\N=C2\NC(=O)C(C)(C)S2)c1OS(=O)(=O)c1ccccc1. The van der Waals surface area contributed by atoms with Crippen LogP contribution >= 0.6 is 11.8 Å². The Kier molecular flexibility index (Phi) is 5.57. The van der Waals surface area contributed by atoms with Crippen molar-refractivity contribution in [3.8, 4) is 5.75 Å². The lowest BCUT2D eigenvalue weighted by Crippen LogP contribution is -2.30. The van der Waals surface area contributed by atoms with Crippen LogP contribution in [0.25, 0.3) is 0 Å². The molecule has 0 radical (unpaired) electrons. The van der Waals surface area contributed by atoms with Gasteiger partial charge in [-0.15, -0.1) is 5.10 Å². The number of aryl methyl sites for hydroxylation is 1.